The third kappa shape index (κ3) is 13.8. The highest BCUT2D eigenvalue weighted by Crippen LogP contribution is 2.72. The summed E-state index contributed by atoms with van der Waals surface area (Å²) >= 11 is 1.43. The zero-order valence-corrected chi connectivity index (χ0v) is 48.0. The van der Waals surface area contributed by atoms with Gasteiger partial charge in [-0.25, -0.2) is 14.8 Å². The summed E-state index contributed by atoms with van der Waals surface area (Å²) in [6.07, 6.45) is 12.4. The molecule has 3 aromatic heterocycles. The molecule has 6 aliphatic rings. The summed E-state index contributed by atoms with van der Waals surface area (Å²) in [5.74, 6) is -1.78. The molecule has 4 amide bonds. The highest BCUT2D eigenvalue weighted by molar-refractivity contribution is 7.22. The van der Waals surface area contributed by atoms with Crippen LogP contribution in [0, 0.1) is 23.2 Å². The lowest BCUT2D eigenvalue weighted by atomic mass is 9.39. The Morgan fingerprint density at radius 2 is 1.45 bits per heavy atom. The molecule has 20 nitrogen and oxygen atoms in total. The van der Waals surface area contributed by atoms with Gasteiger partial charge in [0.05, 0.1) is 74.9 Å². The first-order valence-electron chi connectivity index (χ1n) is 28.6. The molecule has 11 rings (SSSR count). The summed E-state index contributed by atoms with van der Waals surface area (Å²) in [6, 6.07) is 17.3. The van der Waals surface area contributed by atoms with Crippen LogP contribution < -0.4 is 15.5 Å². The van der Waals surface area contributed by atoms with Crippen molar-refractivity contribution in [3.8, 4) is 11.1 Å². The Balaban J connectivity index is 0.643. The number of carboxylic acids is 1. The van der Waals surface area contributed by atoms with Gasteiger partial charge in [-0.3, -0.25) is 38.9 Å². The highest BCUT2D eigenvalue weighted by atomic mass is 32.1. The third-order valence-corrected chi connectivity index (χ3v) is 17.6. The van der Waals surface area contributed by atoms with Gasteiger partial charge in [-0.15, -0.1) is 0 Å². The average Bonchev–Trinajstić information content (AvgIpc) is 0.872. The van der Waals surface area contributed by atoms with E-state index in [1.54, 1.807) is 6.20 Å². The number of rotatable bonds is 30. The number of hydrogen-bond acceptors (Lipinski definition) is 16. The predicted molar refractivity (Wildman–Crippen MR) is 307 cm³/mol. The number of aromatic carboxylic acids is 1. The molecule has 0 radical (unpaired) electrons. The first kappa shape index (κ1) is 58.4. The summed E-state index contributed by atoms with van der Waals surface area (Å²) in [5, 5.41) is 21.8. The third-order valence-electron chi connectivity index (χ3n) is 16.7. The van der Waals surface area contributed by atoms with E-state index in [0.717, 1.165) is 76.0 Å². The number of carbonyl (C=O) groups is 6. The van der Waals surface area contributed by atoms with Crippen LogP contribution in [0.2, 0.25) is 0 Å². The molecule has 2 unspecified atom stereocenters. The number of thiazole rings is 1. The fraction of sp³-hybridized carbons (Fsp3) is 0.525. The normalized spacial score (nSPS) is 22.6. The minimum atomic E-state index is -1.12. The fourth-order valence-corrected chi connectivity index (χ4v) is 15.1. The van der Waals surface area contributed by atoms with Crippen LogP contribution in [0.1, 0.15) is 116 Å². The summed E-state index contributed by atoms with van der Waals surface area (Å²) in [5.41, 5.74) is 5.27. The molecule has 436 valence electrons. The second kappa shape index (κ2) is 25.4. The van der Waals surface area contributed by atoms with Gasteiger partial charge in [0.25, 0.3) is 17.7 Å². The number of amides is 4. The SMILES string of the molecule is Cc1c(-c2ccc(N3CCc4cccc(C(=O)Nc5nc6ccccc6s5)c4C3)nc2C(=O)O)cnn1CC12CC3(C)CC(C)(C1)CC(OCCCC(=O)CCOCCOCCOCCOCCNC(=O)CCN1C(=O)C=CC1=O)(C3)C2. The van der Waals surface area contributed by atoms with Crippen molar-refractivity contribution in [3.05, 3.63) is 101 Å². The minimum Gasteiger partial charge on any atom is -0.476 e. The highest BCUT2D eigenvalue weighted by Gasteiger charge is 2.66. The van der Waals surface area contributed by atoms with E-state index in [1.165, 1.54) is 23.5 Å². The van der Waals surface area contributed by atoms with Crippen molar-refractivity contribution >= 4 is 67.9 Å². The van der Waals surface area contributed by atoms with Gasteiger partial charge in [0, 0.05) is 93.1 Å². The van der Waals surface area contributed by atoms with Crippen LogP contribution in [0.25, 0.3) is 21.3 Å². The number of imide groups is 1. The minimum absolute atomic E-state index is 0.0318. The first-order valence-corrected chi connectivity index (χ1v) is 29.4. The van der Waals surface area contributed by atoms with Crippen LogP contribution in [-0.2, 0) is 62.4 Å². The number of fused-ring (bicyclic) bond motifs is 2. The number of Topliss-reactive ketones (excluding diaryl/α,β-unsaturated/α-hetero) is 1. The Morgan fingerprint density at radius 1 is 0.744 bits per heavy atom. The van der Waals surface area contributed by atoms with Gasteiger partial charge in [-0.2, -0.15) is 5.10 Å². The largest absolute Gasteiger partial charge is 0.476 e. The van der Waals surface area contributed by atoms with E-state index in [-0.39, 0.29) is 58.1 Å². The van der Waals surface area contributed by atoms with E-state index < -0.39 is 17.8 Å². The quantitative estimate of drug-likeness (QED) is 0.0294. The Morgan fingerprint density at radius 3 is 2.17 bits per heavy atom. The summed E-state index contributed by atoms with van der Waals surface area (Å²) < 4.78 is 32.2. The van der Waals surface area contributed by atoms with E-state index >= 15 is 0 Å². The molecule has 4 aliphatic carbocycles. The molecule has 0 spiro atoms. The topological polar surface area (TPSA) is 243 Å². The van der Waals surface area contributed by atoms with Gasteiger partial charge in [-0.1, -0.05) is 49.4 Å². The molecule has 4 fully saturated rings. The maximum absolute atomic E-state index is 13.7. The Kier molecular flexibility index (Phi) is 18.1. The monoisotopic (exact) mass is 1140 g/mol. The molecule has 21 heteroatoms. The van der Waals surface area contributed by atoms with E-state index in [2.05, 4.69) is 34.1 Å². The van der Waals surface area contributed by atoms with Crippen LogP contribution >= 0.6 is 11.3 Å². The lowest BCUT2D eigenvalue weighted by Gasteiger charge is -2.69. The number of aromatic nitrogens is 4. The van der Waals surface area contributed by atoms with E-state index in [1.807, 2.05) is 66.4 Å². The van der Waals surface area contributed by atoms with E-state index in [0.29, 0.717) is 133 Å². The summed E-state index contributed by atoms with van der Waals surface area (Å²) in [4.78, 5) is 87.2. The number of para-hydroxylation sites is 1. The van der Waals surface area contributed by atoms with Crippen molar-refractivity contribution in [2.24, 2.45) is 16.2 Å². The molecular formula is C61H74N8O12S. The van der Waals surface area contributed by atoms with Gasteiger partial charge in [-0.05, 0) is 116 Å². The molecule has 4 bridgehead atoms. The molecule has 5 aromatic rings. The lowest BCUT2D eigenvalue weighted by molar-refractivity contribution is -0.248. The molecule has 5 heterocycles. The number of ether oxygens (including phenoxy) is 5. The molecule has 2 atom stereocenters. The number of benzene rings is 2. The molecule has 4 saturated carbocycles. The Labute approximate surface area is 481 Å². The molecule has 0 saturated heterocycles. The maximum Gasteiger partial charge on any atom is 0.355 e. The Bertz CT molecular complexity index is 3160. The van der Waals surface area contributed by atoms with Crippen molar-refractivity contribution in [2.45, 2.75) is 110 Å². The zero-order valence-electron chi connectivity index (χ0n) is 47.1. The van der Waals surface area contributed by atoms with E-state index in [4.69, 9.17) is 33.8 Å². The molecule has 3 N–H and O–H groups in total. The van der Waals surface area contributed by atoms with Gasteiger partial charge >= 0.3 is 5.97 Å². The fourth-order valence-electron chi connectivity index (χ4n) is 14.3. The number of pyridine rings is 1. The van der Waals surface area contributed by atoms with Gasteiger partial charge in [0.2, 0.25) is 5.91 Å². The average molecular weight is 1140 g/mol. The smallest absolute Gasteiger partial charge is 0.355 e. The molecule has 2 aliphatic heterocycles. The first-order chi connectivity index (χ1) is 39.5. The van der Waals surface area contributed by atoms with Gasteiger partial charge < -0.3 is 39.0 Å². The van der Waals surface area contributed by atoms with Crippen molar-refractivity contribution in [1.82, 2.24) is 30.0 Å². The maximum atomic E-state index is 13.7. The second-order valence-electron chi connectivity index (χ2n) is 23.5. The number of anilines is 2. The number of carbonyl (C=O) groups excluding carboxylic acids is 5. The van der Waals surface area contributed by atoms with Crippen molar-refractivity contribution in [3.63, 3.8) is 0 Å². The van der Waals surface area contributed by atoms with Crippen molar-refractivity contribution < 1.29 is 57.6 Å². The number of nitrogens with zero attached hydrogens (tertiary/aromatic N) is 6. The number of ketones is 1. The van der Waals surface area contributed by atoms with Crippen LogP contribution in [0.3, 0.4) is 0 Å². The van der Waals surface area contributed by atoms with E-state index in [9.17, 15) is 33.9 Å². The number of nitrogens with one attached hydrogen (secondary N) is 2. The van der Waals surface area contributed by atoms with Gasteiger partial charge in [0.15, 0.2) is 10.8 Å². The molecule has 2 aromatic carbocycles. The van der Waals surface area contributed by atoms with Crippen LogP contribution in [-0.4, -0.2) is 150 Å². The van der Waals surface area contributed by atoms with Crippen LogP contribution in [0.15, 0.2) is 72.9 Å². The van der Waals surface area contributed by atoms with Crippen molar-refractivity contribution in [2.75, 3.05) is 89.3 Å². The summed E-state index contributed by atoms with van der Waals surface area (Å²) in [6.45, 7) is 12.3. The van der Waals surface area contributed by atoms with Gasteiger partial charge in [0.1, 0.15) is 11.6 Å². The molecule has 82 heavy (non-hydrogen) atoms. The lowest BCUT2D eigenvalue weighted by Crippen LogP contribution is -2.64. The zero-order chi connectivity index (χ0) is 57.5. The number of hydrogen-bond donors (Lipinski definition) is 3. The van der Waals surface area contributed by atoms with Crippen LogP contribution in [0.5, 0.6) is 0 Å². The Hall–Kier alpha value is -6.75. The predicted octanol–water partition coefficient (Wildman–Crippen LogP) is 7.75. The molecular weight excluding hydrogens is 1070 g/mol. The second-order valence-corrected chi connectivity index (χ2v) is 24.6. The van der Waals surface area contributed by atoms with Crippen molar-refractivity contribution in [1.29, 1.82) is 0 Å². The van der Waals surface area contributed by atoms with Crippen LogP contribution in [0.4, 0.5) is 10.9 Å². The standard InChI is InChI=1S/C61H74N8O12S/c1-41-46(44-13-14-50(65-54(44)56(75)76)67-21-17-42-8-6-10-45(47(42)33-67)55(74)66-57-64-48-11-4-5-12-49(48)82-57)32-63-69(41)40-60-35-58(2)34-59(3,36-60)38-61(37-58,39-60)81-23-7-9-43(70)19-24-77-26-28-79-30-31-80-29-27-78-25-20-62-51(71)18-22-68-52(72)15-16-53(68)73/h4-6,8,10-16,32H,7,9,17-31,33-40H2,1-3H3,(H,62,71)(H,75,76)(H,64,66,74). The summed E-state index contributed by atoms with van der Waals surface area (Å²) in [7, 11) is 0. The number of carboxylic acid groups (broad SMARTS) is 1.